The van der Waals surface area contributed by atoms with Crippen molar-refractivity contribution in [2.24, 2.45) is 11.8 Å². The molecule has 18 heavy (non-hydrogen) atoms. The summed E-state index contributed by atoms with van der Waals surface area (Å²) >= 11 is 6.37. The van der Waals surface area contributed by atoms with Crippen molar-refractivity contribution in [3.63, 3.8) is 0 Å². The minimum Gasteiger partial charge on any atom is -0.309 e. The van der Waals surface area contributed by atoms with Gasteiger partial charge in [0.2, 0.25) is 0 Å². The van der Waals surface area contributed by atoms with Gasteiger partial charge in [-0.05, 0) is 45.1 Å². The van der Waals surface area contributed by atoms with Crippen LogP contribution in [0.25, 0.3) is 0 Å². The summed E-state index contributed by atoms with van der Waals surface area (Å²) in [7, 11) is 0. The van der Waals surface area contributed by atoms with Crippen molar-refractivity contribution in [2.75, 3.05) is 6.54 Å². The number of hydrogen-bond acceptors (Lipinski definition) is 2. The Bertz CT molecular complexity index is 396. The number of aromatic nitrogens is 2. The van der Waals surface area contributed by atoms with Crippen LogP contribution in [0.15, 0.2) is 6.20 Å². The van der Waals surface area contributed by atoms with Crippen molar-refractivity contribution < 1.29 is 0 Å². The lowest BCUT2D eigenvalue weighted by Crippen LogP contribution is -2.30. The van der Waals surface area contributed by atoms with Crippen molar-refractivity contribution in [3.05, 3.63) is 16.9 Å². The van der Waals surface area contributed by atoms with Crippen LogP contribution in [0.2, 0.25) is 5.02 Å². The van der Waals surface area contributed by atoms with E-state index in [1.807, 2.05) is 0 Å². The third-order valence-electron chi connectivity index (χ3n) is 3.89. The molecule has 1 N–H and O–H groups in total. The molecule has 1 aromatic rings. The Hall–Kier alpha value is -0.540. The zero-order valence-electron chi connectivity index (χ0n) is 11.8. The molecule has 0 amide bonds. The predicted molar refractivity (Wildman–Crippen MR) is 75.9 cm³/mol. The topological polar surface area (TPSA) is 29.9 Å². The third kappa shape index (κ3) is 2.72. The summed E-state index contributed by atoms with van der Waals surface area (Å²) in [4.78, 5) is 0. The predicted octanol–water partition coefficient (Wildman–Crippen LogP) is 3.81. The first-order valence-electron chi connectivity index (χ1n) is 7.02. The molecule has 1 fully saturated rings. The van der Waals surface area contributed by atoms with Crippen molar-refractivity contribution in [1.29, 1.82) is 0 Å². The molecule has 2 unspecified atom stereocenters. The van der Waals surface area contributed by atoms with E-state index in [1.165, 1.54) is 12.8 Å². The maximum Gasteiger partial charge on any atom is 0.0834 e. The van der Waals surface area contributed by atoms with Gasteiger partial charge in [0.1, 0.15) is 0 Å². The summed E-state index contributed by atoms with van der Waals surface area (Å²) in [6.45, 7) is 9.74. The highest BCUT2D eigenvalue weighted by Gasteiger charge is 2.36. The van der Waals surface area contributed by atoms with E-state index in [4.69, 9.17) is 11.6 Å². The Balaban J connectivity index is 2.31. The highest BCUT2D eigenvalue weighted by molar-refractivity contribution is 6.31. The van der Waals surface area contributed by atoms with Crippen LogP contribution in [0.5, 0.6) is 0 Å². The SMILES string of the molecule is CCNC(c1c(Cl)cnn1C(C)C)C(C)C1CC1. The standard InChI is InChI=1S/C14H24ClN3/c1-5-16-13(10(4)11-6-7-11)14-12(15)8-17-18(14)9(2)3/h8-11,13,16H,5-7H2,1-4H3. The molecule has 102 valence electrons. The van der Waals surface area contributed by atoms with Crippen LogP contribution in [0, 0.1) is 11.8 Å². The fourth-order valence-electron chi connectivity index (χ4n) is 2.70. The van der Waals surface area contributed by atoms with Crippen LogP contribution in [0.3, 0.4) is 0 Å². The lowest BCUT2D eigenvalue weighted by molar-refractivity contribution is 0.327. The fraction of sp³-hybridized carbons (Fsp3) is 0.786. The summed E-state index contributed by atoms with van der Waals surface area (Å²) < 4.78 is 2.06. The monoisotopic (exact) mass is 269 g/mol. The smallest absolute Gasteiger partial charge is 0.0834 e. The molecule has 2 rings (SSSR count). The minimum atomic E-state index is 0.319. The van der Waals surface area contributed by atoms with Gasteiger partial charge in [0.15, 0.2) is 0 Å². The Labute approximate surface area is 115 Å². The Kier molecular flexibility index (Phi) is 4.33. The molecule has 4 heteroatoms. The molecule has 0 aliphatic heterocycles. The van der Waals surface area contributed by atoms with Crippen molar-refractivity contribution in [2.45, 2.75) is 52.6 Å². The molecule has 0 spiro atoms. The molecule has 0 aromatic carbocycles. The molecular weight excluding hydrogens is 246 g/mol. The van der Waals surface area contributed by atoms with Gasteiger partial charge in [-0.15, -0.1) is 0 Å². The number of nitrogens with one attached hydrogen (secondary N) is 1. The van der Waals surface area contributed by atoms with Gasteiger partial charge in [-0.25, -0.2) is 0 Å². The summed E-state index contributed by atoms with van der Waals surface area (Å²) in [5.41, 5.74) is 1.16. The first-order valence-corrected chi connectivity index (χ1v) is 7.40. The average molecular weight is 270 g/mol. The summed E-state index contributed by atoms with van der Waals surface area (Å²) in [6.07, 6.45) is 4.49. The average Bonchev–Trinajstić information content (AvgIpc) is 3.09. The van der Waals surface area contributed by atoms with E-state index in [-0.39, 0.29) is 0 Å². The largest absolute Gasteiger partial charge is 0.309 e. The molecule has 1 aliphatic rings. The lowest BCUT2D eigenvalue weighted by atomic mass is 9.93. The van der Waals surface area contributed by atoms with Gasteiger partial charge >= 0.3 is 0 Å². The van der Waals surface area contributed by atoms with Crippen molar-refractivity contribution in [1.82, 2.24) is 15.1 Å². The molecular formula is C14H24ClN3. The molecule has 0 radical (unpaired) electrons. The van der Waals surface area contributed by atoms with Crippen LogP contribution >= 0.6 is 11.6 Å². The Morgan fingerprint density at radius 1 is 1.44 bits per heavy atom. The molecule has 0 bridgehead atoms. The van der Waals surface area contributed by atoms with Gasteiger partial charge in [0.25, 0.3) is 0 Å². The second-order valence-electron chi connectivity index (χ2n) is 5.65. The summed E-state index contributed by atoms with van der Waals surface area (Å²) in [5, 5.41) is 8.82. The molecule has 2 atom stereocenters. The first-order chi connectivity index (χ1) is 8.56. The number of hydrogen-bond donors (Lipinski definition) is 1. The van der Waals surface area contributed by atoms with Crippen molar-refractivity contribution in [3.8, 4) is 0 Å². The molecule has 3 nitrogen and oxygen atoms in total. The number of halogens is 1. The van der Waals surface area contributed by atoms with E-state index in [2.05, 4.69) is 42.8 Å². The Morgan fingerprint density at radius 3 is 2.61 bits per heavy atom. The van der Waals surface area contributed by atoms with E-state index < -0.39 is 0 Å². The number of rotatable bonds is 6. The van der Waals surface area contributed by atoms with Crippen LogP contribution in [0.1, 0.15) is 58.3 Å². The highest BCUT2D eigenvalue weighted by Crippen LogP contribution is 2.44. The van der Waals surface area contributed by atoms with Crippen LogP contribution < -0.4 is 5.32 Å². The van der Waals surface area contributed by atoms with E-state index in [0.29, 0.717) is 18.0 Å². The second-order valence-corrected chi connectivity index (χ2v) is 6.06. The van der Waals surface area contributed by atoms with E-state index in [9.17, 15) is 0 Å². The van der Waals surface area contributed by atoms with E-state index >= 15 is 0 Å². The van der Waals surface area contributed by atoms with Gasteiger partial charge < -0.3 is 5.32 Å². The maximum absolute atomic E-state index is 6.37. The maximum atomic E-state index is 6.37. The minimum absolute atomic E-state index is 0.319. The summed E-state index contributed by atoms with van der Waals surface area (Å²) in [5.74, 6) is 1.47. The first kappa shape index (κ1) is 13.9. The quantitative estimate of drug-likeness (QED) is 0.851. The van der Waals surface area contributed by atoms with Gasteiger partial charge in [0.05, 0.1) is 23.0 Å². The molecule has 1 aromatic heterocycles. The van der Waals surface area contributed by atoms with Gasteiger partial charge in [-0.2, -0.15) is 5.10 Å². The van der Waals surface area contributed by atoms with E-state index in [1.54, 1.807) is 6.20 Å². The lowest BCUT2D eigenvalue weighted by Gasteiger charge is -2.27. The number of nitrogens with zero attached hydrogens (tertiary/aromatic N) is 2. The van der Waals surface area contributed by atoms with Gasteiger partial charge in [-0.3, -0.25) is 4.68 Å². The molecule has 1 heterocycles. The van der Waals surface area contributed by atoms with Crippen LogP contribution in [-0.2, 0) is 0 Å². The Morgan fingerprint density at radius 2 is 2.11 bits per heavy atom. The van der Waals surface area contributed by atoms with Gasteiger partial charge in [0, 0.05) is 6.04 Å². The zero-order chi connectivity index (χ0) is 13.3. The summed E-state index contributed by atoms with van der Waals surface area (Å²) in [6, 6.07) is 0.667. The van der Waals surface area contributed by atoms with Crippen LogP contribution in [0.4, 0.5) is 0 Å². The van der Waals surface area contributed by atoms with E-state index in [0.717, 1.165) is 23.2 Å². The van der Waals surface area contributed by atoms with Crippen LogP contribution in [-0.4, -0.2) is 16.3 Å². The molecule has 1 aliphatic carbocycles. The fourth-order valence-corrected chi connectivity index (χ4v) is 2.95. The third-order valence-corrected chi connectivity index (χ3v) is 4.18. The normalized spacial score (nSPS) is 19.2. The van der Waals surface area contributed by atoms with Crippen molar-refractivity contribution >= 4 is 11.6 Å². The molecule has 1 saturated carbocycles. The molecule has 0 saturated heterocycles. The van der Waals surface area contributed by atoms with Gasteiger partial charge in [-0.1, -0.05) is 25.4 Å². The highest BCUT2D eigenvalue weighted by atomic mass is 35.5. The zero-order valence-corrected chi connectivity index (χ0v) is 12.5. The second kappa shape index (κ2) is 5.62.